The minimum absolute atomic E-state index is 0.00990. The van der Waals surface area contributed by atoms with E-state index in [1.165, 1.54) is 18.0 Å². The Morgan fingerprint density at radius 1 is 1.11 bits per heavy atom. The van der Waals surface area contributed by atoms with Gasteiger partial charge in [0.05, 0.1) is 17.0 Å². The first kappa shape index (κ1) is 26.1. The first-order valence-electron chi connectivity index (χ1n) is 10.7. The van der Waals surface area contributed by atoms with Crippen molar-refractivity contribution in [3.63, 3.8) is 0 Å². The molecule has 0 aliphatic heterocycles. The van der Waals surface area contributed by atoms with Crippen LogP contribution in [0.4, 0.5) is 14.5 Å². The lowest BCUT2D eigenvalue weighted by Crippen LogP contribution is -2.20. The second-order valence-corrected chi connectivity index (χ2v) is 11.3. The smallest absolute Gasteiger partial charge is 0.233 e. The van der Waals surface area contributed by atoms with Crippen molar-refractivity contribution >= 4 is 55.9 Å². The molecule has 4 N–H and O–H groups in total. The van der Waals surface area contributed by atoms with E-state index in [0.717, 1.165) is 17.7 Å². The number of anilines is 1. The van der Waals surface area contributed by atoms with Crippen LogP contribution in [0.3, 0.4) is 0 Å². The van der Waals surface area contributed by atoms with E-state index in [4.69, 9.17) is 17.3 Å². The van der Waals surface area contributed by atoms with Gasteiger partial charge < -0.3 is 10.7 Å². The van der Waals surface area contributed by atoms with Crippen LogP contribution >= 0.6 is 23.4 Å². The van der Waals surface area contributed by atoms with Gasteiger partial charge in [-0.2, -0.15) is 11.8 Å². The maximum Gasteiger partial charge on any atom is 0.233 e. The van der Waals surface area contributed by atoms with E-state index in [0.29, 0.717) is 33.9 Å². The quantitative estimate of drug-likeness (QED) is 0.192. The average Bonchev–Trinajstić information content (AvgIpc) is 3.27. The fourth-order valence-corrected chi connectivity index (χ4v) is 5.98. The molecule has 188 valence electrons. The zero-order valence-electron chi connectivity index (χ0n) is 18.7. The van der Waals surface area contributed by atoms with Crippen molar-refractivity contribution in [2.24, 2.45) is 5.73 Å². The number of pyridine rings is 1. The third kappa shape index (κ3) is 5.70. The lowest BCUT2D eigenvalue weighted by atomic mass is 10.00. The van der Waals surface area contributed by atoms with Gasteiger partial charge in [-0.25, -0.2) is 22.2 Å². The van der Waals surface area contributed by atoms with E-state index in [1.54, 1.807) is 36.5 Å². The third-order valence-electron chi connectivity index (χ3n) is 5.30. The molecule has 0 spiro atoms. The van der Waals surface area contributed by atoms with E-state index in [1.807, 2.05) is 0 Å². The molecule has 0 aliphatic carbocycles. The van der Waals surface area contributed by atoms with Gasteiger partial charge in [-0.15, -0.1) is 0 Å². The summed E-state index contributed by atoms with van der Waals surface area (Å²) in [6.45, 7) is 0.404. The SMILES string of the molecule is NCCSCCS(=O)(=O)Nc1ccc(F)c(C(=O)c2c[nH]c3ncc(-c4ccc(Cl)cc4)cc23)c1F. The molecule has 0 amide bonds. The van der Waals surface area contributed by atoms with Crippen molar-refractivity contribution in [1.82, 2.24) is 9.97 Å². The highest BCUT2D eigenvalue weighted by atomic mass is 35.5. The molecule has 0 fully saturated rings. The molecule has 2 aromatic carbocycles. The number of hydrogen-bond donors (Lipinski definition) is 3. The van der Waals surface area contributed by atoms with Gasteiger partial charge in [0.25, 0.3) is 0 Å². The van der Waals surface area contributed by atoms with Gasteiger partial charge in [0.15, 0.2) is 5.82 Å². The first-order chi connectivity index (χ1) is 17.2. The molecule has 12 heteroatoms. The van der Waals surface area contributed by atoms with E-state index < -0.39 is 38.7 Å². The summed E-state index contributed by atoms with van der Waals surface area (Å²) >= 11 is 7.28. The number of fused-ring (bicyclic) bond motifs is 1. The molecule has 0 saturated carbocycles. The Labute approximate surface area is 215 Å². The molecule has 36 heavy (non-hydrogen) atoms. The molecule has 0 saturated heterocycles. The van der Waals surface area contributed by atoms with Crippen molar-refractivity contribution in [3.05, 3.63) is 82.6 Å². The summed E-state index contributed by atoms with van der Waals surface area (Å²) < 4.78 is 56.8. The Balaban J connectivity index is 1.67. The number of aromatic nitrogens is 2. The molecule has 7 nitrogen and oxygen atoms in total. The summed E-state index contributed by atoms with van der Waals surface area (Å²) in [5, 5.41) is 0.912. The number of carbonyl (C=O) groups is 1. The number of thioether (sulfide) groups is 1. The highest BCUT2D eigenvalue weighted by Crippen LogP contribution is 2.30. The van der Waals surface area contributed by atoms with E-state index in [9.17, 15) is 17.6 Å². The summed E-state index contributed by atoms with van der Waals surface area (Å²) in [6.07, 6.45) is 2.91. The van der Waals surface area contributed by atoms with Crippen molar-refractivity contribution < 1.29 is 22.0 Å². The zero-order valence-corrected chi connectivity index (χ0v) is 21.1. The number of ketones is 1. The van der Waals surface area contributed by atoms with Gasteiger partial charge in [-0.05, 0) is 35.9 Å². The van der Waals surface area contributed by atoms with Crippen LogP contribution in [0.1, 0.15) is 15.9 Å². The molecule has 4 aromatic rings. The molecular weight excluding hydrogens is 530 g/mol. The number of hydrogen-bond acceptors (Lipinski definition) is 6. The van der Waals surface area contributed by atoms with Crippen LogP contribution in [-0.4, -0.2) is 48.0 Å². The molecule has 0 radical (unpaired) electrons. The molecule has 0 aliphatic rings. The molecule has 0 unspecified atom stereocenters. The second kappa shape index (κ2) is 11.0. The Bertz CT molecular complexity index is 1530. The highest BCUT2D eigenvalue weighted by molar-refractivity contribution is 8.00. The van der Waals surface area contributed by atoms with Crippen molar-refractivity contribution in [1.29, 1.82) is 0 Å². The number of H-pyrrole nitrogens is 1. The van der Waals surface area contributed by atoms with Crippen molar-refractivity contribution in [2.75, 3.05) is 28.5 Å². The average molecular weight is 551 g/mol. The third-order valence-corrected chi connectivity index (χ3v) is 8.10. The fourth-order valence-electron chi connectivity index (χ4n) is 3.54. The Kier molecular flexibility index (Phi) is 7.94. The zero-order chi connectivity index (χ0) is 25.9. The van der Waals surface area contributed by atoms with Gasteiger partial charge in [-0.1, -0.05) is 23.7 Å². The van der Waals surface area contributed by atoms with Crippen LogP contribution in [-0.2, 0) is 10.0 Å². The number of halogens is 3. The molecule has 0 atom stereocenters. The van der Waals surface area contributed by atoms with Gasteiger partial charge in [0.1, 0.15) is 11.5 Å². The summed E-state index contributed by atoms with van der Waals surface area (Å²) in [5.41, 5.74) is 5.80. The molecular formula is C24H21ClF2N4O3S2. The van der Waals surface area contributed by atoms with Crippen LogP contribution in [0.2, 0.25) is 5.02 Å². The largest absolute Gasteiger partial charge is 0.345 e. The maximum absolute atomic E-state index is 15.3. The molecule has 2 heterocycles. The Hall–Kier alpha value is -2.99. The van der Waals surface area contributed by atoms with Gasteiger partial charge >= 0.3 is 0 Å². The highest BCUT2D eigenvalue weighted by Gasteiger charge is 2.26. The summed E-state index contributed by atoms with van der Waals surface area (Å²) in [5.74, 6) is -2.83. The normalized spacial score (nSPS) is 11.7. The topological polar surface area (TPSA) is 118 Å². The Morgan fingerprint density at radius 2 is 1.86 bits per heavy atom. The number of nitrogens with two attached hydrogens (primary N) is 1. The van der Waals surface area contributed by atoms with Gasteiger partial charge in [0.2, 0.25) is 15.8 Å². The minimum Gasteiger partial charge on any atom is -0.345 e. The number of benzene rings is 2. The lowest BCUT2D eigenvalue weighted by Gasteiger charge is -2.12. The van der Waals surface area contributed by atoms with Crippen LogP contribution in [0.15, 0.2) is 54.9 Å². The first-order valence-corrected chi connectivity index (χ1v) is 13.9. The summed E-state index contributed by atoms with van der Waals surface area (Å²) in [4.78, 5) is 20.4. The number of nitrogens with one attached hydrogen (secondary N) is 2. The van der Waals surface area contributed by atoms with Gasteiger partial charge in [-0.3, -0.25) is 9.52 Å². The maximum atomic E-state index is 15.3. The van der Waals surface area contributed by atoms with Crippen molar-refractivity contribution in [2.45, 2.75) is 0 Å². The van der Waals surface area contributed by atoms with Crippen LogP contribution in [0, 0.1) is 11.6 Å². The predicted molar refractivity (Wildman–Crippen MR) is 140 cm³/mol. The summed E-state index contributed by atoms with van der Waals surface area (Å²) in [6, 6.07) is 10.4. The van der Waals surface area contributed by atoms with E-state index in [2.05, 4.69) is 14.7 Å². The standard InChI is InChI=1S/C24H21ClF2N4O3S2/c25-16-3-1-14(2-4-16)15-11-17-18(13-30-24(17)29-12-15)23(32)21-19(26)5-6-20(22(21)27)31-36(33,34)10-9-35-8-7-28/h1-6,11-13,31H,7-10,28H2,(H,29,30). The second-order valence-electron chi connectivity index (χ2n) is 7.76. The van der Waals surface area contributed by atoms with E-state index in [-0.39, 0.29) is 17.1 Å². The number of sulfonamides is 1. The van der Waals surface area contributed by atoms with Crippen LogP contribution in [0.5, 0.6) is 0 Å². The van der Waals surface area contributed by atoms with E-state index >= 15 is 4.39 Å². The van der Waals surface area contributed by atoms with Gasteiger partial charge in [0, 0.05) is 52.0 Å². The lowest BCUT2D eigenvalue weighted by molar-refractivity contribution is 0.103. The molecule has 2 aromatic heterocycles. The number of carbonyl (C=O) groups excluding carboxylic acids is 1. The Morgan fingerprint density at radius 3 is 2.58 bits per heavy atom. The minimum atomic E-state index is -3.93. The number of nitrogens with zero attached hydrogens (tertiary/aromatic N) is 1. The van der Waals surface area contributed by atoms with Crippen LogP contribution in [0.25, 0.3) is 22.2 Å². The van der Waals surface area contributed by atoms with Crippen molar-refractivity contribution in [3.8, 4) is 11.1 Å². The number of rotatable bonds is 10. The monoisotopic (exact) mass is 550 g/mol. The summed E-state index contributed by atoms with van der Waals surface area (Å²) in [7, 11) is -3.93. The fraction of sp³-hybridized carbons (Fsp3) is 0.167. The van der Waals surface area contributed by atoms with Crippen LogP contribution < -0.4 is 10.5 Å². The number of aromatic amines is 1. The predicted octanol–water partition coefficient (Wildman–Crippen LogP) is 4.83. The molecule has 0 bridgehead atoms. The molecule has 4 rings (SSSR count).